The Morgan fingerprint density at radius 3 is 2.13 bits per heavy atom. The molecule has 0 spiro atoms. The summed E-state index contributed by atoms with van der Waals surface area (Å²) in [5.41, 5.74) is 1.17. The van der Waals surface area contributed by atoms with Gasteiger partial charge in [-0.1, -0.05) is 103 Å². The van der Waals surface area contributed by atoms with Gasteiger partial charge in [0.15, 0.2) is 6.10 Å². The Kier molecular flexibility index (Phi) is 23.6. The highest BCUT2D eigenvalue weighted by Gasteiger charge is 2.19. The second kappa shape index (κ2) is 25.7. The average Bonchev–Trinajstić information content (AvgIpc) is 2.95. The molecule has 3 N–H and O–H groups in total. The molecular weight excluding hydrogens is 513 g/mol. The summed E-state index contributed by atoms with van der Waals surface area (Å²) in [4.78, 5) is 22.0. The number of benzene rings is 1. The first-order valence-electron chi connectivity index (χ1n) is 15.6. The number of nitrogens with two attached hydrogens (primary N) is 1. The number of carbonyl (C=O) groups excluding carboxylic acids is 1. The number of ether oxygens (including phenoxy) is 2. The van der Waals surface area contributed by atoms with E-state index in [2.05, 4.69) is 25.2 Å². The molecule has 0 saturated heterocycles. The Labute approximate surface area is 239 Å². The van der Waals surface area contributed by atoms with Crippen LogP contribution in [0.1, 0.15) is 116 Å². The van der Waals surface area contributed by atoms with E-state index < -0.39 is 14.7 Å². The largest absolute Gasteiger partial charge is 0.489 e. The van der Waals surface area contributed by atoms with Gasteiger partial charge in [0, 0.05) is 12.8 Å². The molecule has 39 heavy (non-hydrogen) atoms. The second-order valence-corrected chi connectivity index (χ2v) is 11.2. The number of carbonyl (C=O) groups is 1. The second-order valence-electron chi connectivity index (χ2n) is 10.2. The maximum atomic E-state index is 11.9. The normalized spacial score (nSPS) is 12.8. The minimum Gasteiger partial charge on any atom is -0.489 e. The van der Waals surface area contributed by atoms with Gasteiger partial charge in [-0.25, -0.2) is 0 Å². The van der Waals surface area contributed by atoms with Gasteiger partial charge in [-0.05, 0) is 31.4 Å². The lowest BCUT2D eigenvalue weighted by molar-refractivity contribution is -0.652. The van der Waals surface area contributed by atoms with Crippen LogP contribution in [0.25, 0.3) is 0 Å². The van der Waals surface area contributed by atoms with Gasteiger partial charge in [0.05, 0.1) is 26.3 Å². The fraction of sp³-hybridized carbons (Fsp3) is 0.774. The third-order valence-corrected chi connectivity index (χ3v) is 7.47. The zero-order valence-corrected chi connectivity index (χ0v) is 25.9. The Morgan fingerprint density at radius 1 is 0.846 bits per heavy atom. The summed E-state index contributed by atoms with van der Waals surface area (Å²) < 4.78 is 22.4. The topological polar surface area (TPSA) is 90.8 Å². The van der Waals surface area contributed by atoms with Crippen molar-refractivity contribution in [2.24, 2.45) is 0 Å². The predicted octanol–water partition coefficient (Wildman–Crippen LogP) is 6.86. The minimum atomic E-state index is -2.02. The molecule has 2 atom stereocenters. The molecule has 0 aliphatic carbocycles. The van der Waals surface area contributed by atoms with E-state index in [4.69, 9.17) is 18.5 Å². The van der Waals surface area contributed by atoms with Crippen LogP contribution in [-0.4, -0.2) is 49.9 Å². The van der Waals surface area contributed by atoms with Gasteiger partial charge >= 0.3 is 14.6 Å². The van der Waals surface area contributed by atoms with Crippen molar-refractivity contribution in [2.75, 3.05) is 32.9 Å². The van der Waals surface area contributed by atoms with E-state index in [0.717, 1.165) is 38.1 Å². The number of esters is 1. The molecule has 226 valence electrons. The van der Waals surface area contributed by atoms with Crippen LogP contribution in [0.3, 0.4) is 0 Å². The molecule has 1 aromatic carbocycles. The van der Waals surface area contributed by atoms with Crippen LogP contribution in [0.5, 0.6) is 5.75 Å². The molecule has 0 amide bonds. The number of hydrogen-bond acceptors (Lipinski definition) is 6. The molecule has 0 radical (unpaired) electrons. The van der Waals surface area contributed by atoms with Gasteiger partial charge in [-0.2, -0.15) is 0 Å². The summed E-state index contributed by atoms with van der Waals surface area (Å²) in [7, 11) is -2.02. The molecule has 0 saturated carbocycles. The zero-order chi connectivity index (χ0) is 28.4. The highest BCUT2D eigenvalue weighted by molar-refractivity contribution is 7.40. The highest BCUT2D eigenvalue weighted by atomic mass is 31.2. The van der Waals surface area contributed by atoms with Crippen molar-refractivity contribution < 1.29 is 33.5 Å². The van der Waals surface area contributed by atoms with E-state index in [-0.39, 0.29) is 25.6 Å². The maximum absolute atomic E-state index is 11.9. The number of quaternary nitrogens is 1. The van der Waals surface area contributed by atoms with Crippen molar-refractivity contribution in [2.45, 2.75) is 123 Å². The van der Waals surface area contributed by atoms with E-state index in [1.807, 2.05) is 18.2 Å². The van der Waals surface area contributed by atoms with Crippen molar-refractivity contribution >= 4 is 14.6 Å². The Morgan fingerprint density at radius 2 is 1.49 bits per heavy atom. The smallest absolute Gasteiger partial charge is 0.329 e. The number of para-hydroxylation sites is 1. The zero-order valence-electron chi connectivity index (χ0n) is 25.0. The molecule has 0 fully saturated rings. The first kappa shape index (κ1) is 35.8. The maximum Gasteiger partial charge on any atom is 0.329 e. The quantitative estimate of drug-likeness (QED) is 0.0683. The van der Waals surface area contributed by atoms with Crippen molar-refractivity contribution in [1.29, 1.82) is 0 Å². The van der Waals surface area contributed by atoms with Crippen LogP contribution < -0.4 is 10.1 Å². The van der Waals surface area contributed by atoms with E-state index in [1.165, 1.54) is 76.2 Å². The van der Waals surface area contributed by atoms with Crippen LogP contribution in [-0.2, 0) is 25.0 Å². The van der Waals surface area contributed by atoms with E-state index in [9.17, 15) is 9.69 Å². The molecule has 0 aliphatic rings. The number of rotatable bonds is 27. The van der Waals surface area contributed by atoms with Gasteiger partial charge in [-0.3, -0.25) is 4.79 Å². The van der Waals surface area contributed by atoms with Crippen molar-refractivity contribution in [1.82, 2.24) is 0 Å². The number of unbranched alkanes of at least 4 members (excludes halogenated alkanes) is 11. The van der Waals surface area contributed by atoms with Crippen molar-refractivity contribution in [3.63, 3.8) is 0 Å². The van der Waals surface area contributed by atoms with Crippen LogP contribution >= 0.6 is 8.60 Å². The van der Waals surface area contributed by atoms with E-state index in [0.29, 0.717) is 6.61 Å². The molecule has 0 bridgehead atoms. The monoisotopic (exact) mass is 570 g/mol. The first-order chi connectivity index (χ1) is 19.1. The fourth-order valence-electron chi connectivity index (χ4n) is 4.33. The molecule has 0 aromatic heterocycles. The van der Waals surface area contributed by atoms with Crippen molar-refractivity contribution in [3.8, 4) is 5.75 Å². The van der Waals surface area contributed by atoms with Crippen LogP contribution in [0.2, 0.25) is 0 Å². The summed E-state index contributed by atoms with van der Waals surface area (Å²) in [5, 5.41) is 2.18. The molecule has 1 rings (SSSR count). The Balaban J connectivity index is 2.34. The Bertz CT molecular complexity index is 707. The Hall–Kier alpha value is -1.24. The molecule has 7 nitrogen and oxygen atoms in total. The third kappa shape index (κ3) is 20.3. The average molecular weight is 571 g/mol. The lowest BCUT2D eigenvalue weighted by atomic mass is 10.0. The predicted molar refractivity (Wildman–Crippen MR) is 160 cm³/mol. The van der Waals surface area contributed by atoms with Crippen LogP contribution in [0.15, 0.2) is 24.3 Å². The third-order valence-electron chi connectivity index (χ3n) is 6.70. The molecule has 8 heteroatoms. The molecule has 2 unspecified atom stereocenters. The van der Waals surface area contributed by atoms with Crippen LogP contribution in [0.4, 0.5) is 0 Å². The molecule has 1 aromatic rings. The highest BCUT2D eigenvalue weighted by Crippen LogP contribution is 2.33. The summed E-state index contributed by atoms with van der Waals surface area (Å²) >= 11 is 0. The summed E-state index contributed by atoms with van der Waals surface area (Å²) in [6.45, 7) is 8.71. The number of hydrogen-bond donors (Lipinski definition) is 2. The van der Waals surface area contributed by atoms with Gasteiger partial charge in [0.2, 0.25) is 0 Å². The molecule has 0 heterocycles. The van der Waals surface area contributed by atoms with Crippen LogP contribution in [0, 0.1) is 0 Å². The summed E-state index contributed by atoms with van der Waals surface area (Å²) in [6.07, 6.45) is 17.4. The molecule has 0 aliphatic heterocycles. The fourth-order valence-corrected chi connectivity index (χ4v) is 4.99. The van der Waals surface area contributed by atoms with Gasteiger partial charge in [-0.15, -0.1) is 0 Å². The lowest BCUT2D eigenvalue weighted by Gasteiger charge is -2.20. The lowest BCUT2D eigenvalue weighted by Crippen LogP contribution is -2.83. The number of aryl methyl sites for hydroxylation is 1. The van der Waals surface area contributed by atoms with Gasteiger partial charge < -0.3 is 28.7 Å². The van der Waals surface area contributed by atoms with Gasteiger partial charge in [0.1, 0.15) is 12.4 Å². The van der Waals surface area contributed by atoms with E-state index >= 15 is 0 Å². The van der Waals surface area contributed by atoms with Crippen molar-refractivity contribution in [3.05, 3.63) is 29.8 Å². The summed E-state index contributed by atoms with van der Waals surface area (Å²) in [6, 6.07) is 8.06. The SMILES string of the molecule is CCCCCCCCCCCCCCc1ccccc1OCC(COP(O)OCCC[NH2+]CC)OC(=O)CC. The summed E-state index contributed by atoms with van der Waals surface area (Å²) in [5.74, 6) is 0.489. The van der Waals surface area contributed by atoms with Gasteiger partial charge in [0.25, 0.3) is 0 Å². The first-order valence-corrected chi connectivity index (χ1v) is 16.7. The van der Waals surface area contributed by atoms with E-state index in [1.54, 1.807) is 6.92 Å². The molecular formula is C31H57NO6P+. The minimum absolute atomic E-state index is 0.0237. The standard InChI is InChI=1S/C31H56NO6P/c1-4-7-8-9-10-11-12-13-14-15-16-17-21-28-22-18-19-23-30(28)35-26-29(38-31(33)5-2)27-37-39(34)36-25-20-24-32-6-3/h18-19,22-23,29,32,34H,4-17,20-21,24-27H2,1-3H3/p+1.